The number of nitrogens with one attached hydrogen (secondary N) is 3. The summed E-state index contributed by atoms with van der Waals surface area (Å²) in [6.45, 7) is 6.53. The second kappa shape index (κ2) is 10.2. The molecule has 2 aliphatic rings. The zero-order valence-corrected chi connectivity index (χ0v) is 22.3. The van der Waals surface area contributed by atoms with Gasteiger partial charge in [-0.3, -0.25) is 15.1 Å². The highest BCUT2D eigenvalue weighted by Crippen LogP contribution is 2.36. The van der Waals surface area contributed by atoms with Crippen LogP contribution in [-0.4, -0.2) is 38.2 Å². The Bertz CT molecular complexity index is 1630. The first kappa shape index (κ1) is 23.9. The third kappa shape index (κ3) is 4.67. The van der Waals surface area contributed by atoms with Crippen molar-refractivity contribution < 1.29 is 0 Å². The first-order chi connectivity index (χ1) is 19.2. The maximum atomic E-state index is 4.72. The van der Waals surface area contributed by atoms with Crippen molar-refractivity contribution in [1.82, 2.24) is 25.1 Å². The molecule has 1 aromatic carbocycles. The van der Waals surface area contributed by atoms with Gasteiger partial charge >= 0.3 is 0 Å². The Morgan fingerprint density at radius 3 is 2.51 bits per heavy atom. The maximum Gasteiger partial charge on any atom is 0.116 e. The fourth-order valence-electron chi connectivity index (χ4n) is 6.35. The normalized spacial score (nSPS) is 16.7. The van der Waals surface area contributed by atoms with Gasteiger partial charge in [-0.05, 0) is 67.9 Å². The number of allylic oxidation sites excluding steroid dienone is 1. The van der Waals surface area contributed by atoms with Gasteiger partial charge in [0.1, 0.15) is 5.69 Å². The van der Waals surface area contributed by atoms with Crippen molar-refractivity contribution in [3.8, 4) is 22.5 Å². The first-order valence-corrected chi connectivity index (χ1v) is 14.3. The molecular formula is C32H35N7. The highest BCUT2D eigenvalue weighted by atomic mass is 15.1. The van der Waals surface area contributed by atoms with E-state index in [1.807, 2.05) is 24.8 Å². The van der Waals surface area contributed by atoms with Crippen molar-refractivity contribution in [2.24, 2.45) is 5.92 Å². The molecular weight excluding hydrogens is 482 g/mol. The van der Waals surface area contributed by atoms with Crippen molar-refractivity contribution in [3.63, 3.8) is 0 Å². The molecule has 0 radical (unpaired) electrons. The van der Waals surface area contributed by atoms with E-state index in [4.69, 9.17) is 5.10 Å². The number of anilines is 2. The van der Waals surface area contributed by atoms with Crippen molar-refractivity contribution >= 4 is 33.2 Å². The summed E-state index contributed by atoms with van der Waals surface area (Å²) in [4.78, 5) is 15.1. The van der Waals surface area contributed by atoms with E-state index in [-0.39, 0.29) is 0 Å². The molecule has 2 fully saturated rings. The van der Waals surface area contributed by atoms with Gasteiger partial charge < -0.3 is 15.2 Å². The molecule has 1 saturated carbocycles. The standard InChI is InChI=1S/C32H35N7/c1-21(22-8-4-2-5-9-22)35-25-14-24(17-33-18-25)23-10-11-28-27(15-23)32(38-37-28)29-16-26-30(36-29)19-34-20-31(26)39-12-6-3-7-13-39/h10-11,14-20,22,35-36H,1-9,12-13H2,(H,37,38). The van der Waals surface area contributed by atoms with Gasteiger partial charge in [0.2, 0.25) is 0 Å². The molecule has 39 heavy (non-hydrogen) atoms. The summed E-state index contributed by atoms with van der Waals surface area (Å²) >= 11 is 0. The van der Waals surface area contributed by atoms with E-state index < -0.39 is 0 Å². The van der Waals surface area contributed by atoms with E-state index >= 15 is 0 Å². The van der Waals surface area contributed by atoms with Gasteiger partial charge in [0, 0.05) is 41.3 Å². The zero-order chi connectivity index (χ0) is 26.2. The number of fused-ring (bicyclic) bond motifs is 2. The molecule has 5 heterocycles. The molecule has 7 heteroatoms. The Balaban J connectivity index is 1.20. The van der Waals surface area contributed by atoms with E-state index in [1.165, 1.54) is 62.4 Å². The number of hydrogen-bond acceptors (Lipinski definition) is 5. The van der Waals surface area contributed by atoms with Crippen molar-refractivity contribution in [3.05, 3.63) is 67.4 Å². The number of rotatable bonds is 6. The average molecular weight is 518 g/mol. The summed E-state index contributed by atoms with van der Waals surface area (Å²) in [6.07, 6.45) is 17.9. The molecule has 0 unspecified atom stereocenters. The zero-order valence-electron chi connectivity index (χ0n) is 22.3. The van der Waals surface area contributed by atoms with Gasteiger partial charge in [-0.1, -0.05) is 31.9 Å². The van der Waals surface area contributed by atoms with Crippen molar-refractivity contribution in [2.75, 3.05) is 23.3 Å². The van der Waals surface area contributed by atoms with Crippen LogP contribution in [0, 0.1) is 5.92 Å². The number of H-pyrrole nitrogens is 2. The van der Waals surface area contributed by atoms with Crippen LogP contribution in [0.2, 0.25) is 0 Å². The van der Waals surface area contributed by atoms with Crippen LogP contribution in [-0.2, 0) is 0 Å². The lowest BCUT2D eigenvalue weighted by atomic mass is 9.87. The van der Waals surface area contributed by atoms with E-state index in [2.05, 4.69) is 67.2 Å². The van der Waals surface area contributed by atoms with E-state index in [9.17, 15) is 0 Å². The fraction of sp³-hybridized carbons (Fsp3) is 0.344. The summed E-state index contributed by atoms with van der Waals surface area (Å²) in [6, 6.07) is 10.8. The minimum Gasteiger partial charge on any atom is -0.370 e. The Morgan fingerprint density at radius 1 is 0.821 bits per heavy atom. The van der Waals surface area contributed by atoms with Crippen LogP contribution in [0.1, 0.15) is 51.4 Å². The predicted molar refractivity (Wildman–Crippen MR) is 160 cm³/mol. The number of nitrogens with zero attached hydrogens (tertiary/aromatic N) is 4. The Labute approximate surface area is 228 Å². The minimum absolute atomic E-state index is 0.550. The van der Waals surface area contributed by atoms with Crippen molar-refractivity contribution in [1.29, 1.82) is 0 Å². The number of benzene rings is 1. The summed E-state index contributed by atoms with van der Waals surface area (Å²) in [7, 11) is 0. The van der Waals surface area contributed by atoms with Crippen LogP contribution in [0.25, 0.3) is 44.3 Å². The average Bonchev–Trinajstić information content (AvgIpc) is 3.62. The molecule has 3 N–H and O–H groups in total. The number of aromatic amines is 2. The molecule has 0 bridgehead atoms. The quantitative estimate of drug-likeness (QED) is 0.215. The Kier molecular flexibility index (Phi) is 6.27. The molecule has 0 amide bonds. The number of piperidine rings is 1. The smallest absolute Gasteiger partial charge is 0.116 e. The largest absolute Gasteiger partial charge is 0.370 e. The van der Waals surface area contributed by atoms with Gasteiger partial charge in [-0.25, -0.2) is 0 Å². The van der Waals surface area contributed by atoms with Crippen LogP contribution in [0.5, 0.6) is 0 Å². The Hall–Kier alpha value is -4.13. The molecule has 1 aliphatic heterocycles. The summed E-state index contributed by atoms with van der Waals surface area (Å²) in [5, 5.41) is 13.8. The molecule has 4 aromatic heterocycles. The molecule has 1 saturated heterocycles. The SMILES string of the molecule is C=C(Nc1cncc(-c2ccc3[nH]nc(-c4cc5c(N6CCCCC6)cncc5[nH]4)c3c2)c1)C1CCCCC1. The highest BCUT2D eigenvalue weighted by molar-refractivity contribution is 6.00. The number of hydrogen-bond donors (Lipinski definition) is 3. The van der Waals surface area contributed by atoms with Gasteiger partial charge in [0.25, 0.3) is 0 Å². The lowest BCUT2D eigenvalue weighted by Gasteiger charge is -2.28. The molecule has 7 rings (SSSR count). The number of pyridine rings is 2. The topological polar surface area (TPSA) is 85.5 Å². The Morgan fingerprint density at radius 2 is 1.64 bits per heavy atom. The second-order valence-corrected chi connectivity index (χ2v) is 11.1. The maximum absolute atomic E-state index is 4.72. The van der Waals surface area contributed by atoms with Crippen LogP contribution in [0.3, 0.4) is 0 Å². The van der Waals surface area contributed by atoms with E-state index in [1.54, 1.807) is 0 Å². The van der Waals surface area contributed by atoms with Crippen LogP contribution in [0.4, 0.5) is 11.4 Å². The van der Waals surface area contributed by atoms with E-state index in [0.717, 1.165) is 63.4 Å². The van der Waals surface area contributed by atoms with Crippen molar-refractivity contribution in [2.45, 2.75) is 51.4 Å². The van der Waals surface area contributed by atoms with Gasteiger partial charge in [0.15, 0.2) is 0 Å². The van der Waals surface area contributed by atoms with Gasteiger partial charge in [-0.2, -0.15) is 5.10 Å². The third-order valence-corrected chi connectivity index (χ3v) is 8.51. The number of aromatic nitrogens is 5. The third-order valence-electron chi connectivity index (χ3n) is 8.51. The molecule has 0 spiro atoms. The molecule has 1 aliphatic carbocycles. The predicted octanol–water partition coefficient (Wildman–Crippen LogP) is 7.66. The lowest BCUT2D eigenvalue weighted by molar-refractivity contribution is 0.405. The van der Waals surface area contributed by atoms with E-state index in [0.29, 0.717) is 5.92 Å². The molecule has 0 atom stereocenters. The van der Waals surface area contributed by atoms with Crippen LogP contribution >= 0.6 is 0 Å². The molecule has 198 valence electrons. The summed E-state index contributed by atoms with van der Waals surface area (Å²) < 4.78 is 0. The van der Waals surface area contributed by atoms with Gasteiger partial charge in [-0.15, -0.1) is 0 Å². The van der Waals surface area contributed by atoms with Gasteiger partial charge in [0.05, 0.1) is 46.7 Å². The molecule has 7 nitrogen and oxygen atoms in total. The lowest BCUT2D eigenvalue weighted by Crippen LogP contribution is -2.29. The summed E-state index contributed by atoms with van der Waals surface area (Å²) in [5.41, 5.74) is 9.45. The monoisotopic (exact) mass is 517 g/mol. The van der Waals surface area contributed by atoms with Crippen LogP contribution < -0.4 is 10.2 Å². The highest BCUT2D eigenvalue weighted by Gasteiger charge is 2.19. The second-order valence-electron chi connectivity index (χ2n) is 11.1. The van der Waals surface area contributed by atoms with Crippen LogP contribution in [0.15, 0.2) is 67.4 Å². The summed E-state index contributed by atoms with van der Waals surface area (Å²) in [5.74, 6) is 0.550. The fourth-order valence-corrected chi connectivity index (χ4v) is 6.35. The minimum atomic E-state index is 0.550. The molecule has 5 aromatic rings. The first-order valence-electron chi connectivity index (χ1n) is 14.3.